The van der Waals surface area contributed by atoms with Crippen molar-refractivity contribution < 1.29 is 12.8 Å². The van der Waals surface area contributed by atoms with Gasteiger partial charge in [-0.2, -0.15) is 5.10 Å². The quantitative estimate of drug-likeness (QED) is 0.225. The summed E-state index contributed by atoms with van der Waals surface area (Å²) in [4.78, 5) is 19.7. The highest BCUT2D eigenvalue weighted by Gasteiger charge is 2.17. The molecule has 0 unspecified atom stereocenters. The van der Waals surface area contributed by atoms with Gasteiger partial charge in [-0.15, -0.1) is 0 Å². The van der Waals surface area contributed by atoms with Crippen LogP contribution in [-0.2, 0) is 23.1 Å². The Kier molecular flexibility index (Phi) is 6.96. The van der Waals surface area contributed by atoms with Crippen molar-refractivity contribution in [2.75, 3.05) is 19.3 Å². The number of halogens is 1. The Morgan fingerprint density at radius 3 is 2.58 bits per heavy atom. The first kappa shape index (κ1) is 27.3. The number of rotatable bonds is 8. The maximum Gasteiger partial charge on any atom is 0.209 e. The standard InChI is InChI=1S/C31H29FN8O2S/c1-43(41,42)35-14-19-8-21(11-23(32)10-19)25-16-34-17-29-24(25)12-28(36-29)31-30-27(38-39-31)5-4-26(37-30)22-9-20(13-33-15-22)18-40-6-2-3-7-40/h4-5,8-13,15-17,35-36H,2-3,6-7,14,18H2,1H3,(H,38,39). The fourth-order valence-corrected chi connectivity index (χ4v) is 6.12. The predicted octanol–water partition coefficient (Wildman–Crippen LogP) is 5.01. The highest BCUT2D eigenvalue weighted by molar-refractivity contribution is 7.88. The smallest absolute Gasteiger partial charge is 0.209 e. The second-order valence-corrected chi connectivity index (χ2v) is 12.8. The molecule has 1 saturated heterocycles. The molecule has 0 spiro atoms. The van der Waals surface area contributed by atoms with Crippen molar-refractivity contribution >= 4 is 32.0 Å². The molecule has 0 saturated carbocycles. The zero-order valence-corrected chi connectivity index (χ0v) is 24.2. The fraction of sp³-hybridized carbons (Fsp3) is 0.226. The number of fused-ring (bicyclic) bond motifs is 2. The van der Waals surface area contributed by atoms with Crippen molar-refractivity contribution in [1.82, 2.24) is 39.8 Å². The molecule has 10 nitrogen and oxygen atoms in total. The van der Waals surface area contributed by atoms with E-state index in [9.17, 15) is 12.8 Å². The highest BCUT2D eigenvalue weighted by Crippen LogP contribution is 2.34. The molecule has 6 aromatic rings. The molecular formula is C31H29FN8O2S. The molecule has 5 aromatic heterocycles. The third-order valence-corrected chi connectivity index (χ3v) is 8.38. The van der Waals surface area contributed by atoms with E-state index in [1.54, 1.807) is 18.5 Å². The lowest BCUT2D eigenvalue weighted by molar-refractivity contribution is 0.331. The molecule has 0 amide bonds. The second kappa shape index (κ2) is 11.0. The third kappa shape index (κ3) is 5.76. The highest BCUT2D eigenvalue weighted by atomic mass is 32.2. The van der Waals surface area contributed by atoms with Crippen molar-refractivity contribution in [2.45, 2.75) is 25.9 Å². The zero-order chi connectivity index (χ0) is 29.6. The third-order valence-electron chi connectivity index (χ3n) is 7.71. The van der Waals surface area contributed by atoms with Crippen LogP contribution in [0.2, 0.25) is 0 Å². The molecule has 1 aliphatic rings. The molecule has 6 heterocycles. The van der Waals surface area contributed by atoms with E-state index in [2.05, 4.69) is 40.8 Å². The van der Waals surface area contributed by atoms with Gasteiger partial charge in [-0.1, -0.05) is 0 Å². The van der Waals surface area contributed by atoms with Crippen molar-refractivity contribution in [3.05, 3.63) is 84.2 Å². The van der Waals surface area contributed by atoms with Crippen LogP contribution in [-0.4, -0.2) is 62.8 Å². The first-order valence-electron chi connectivity index (χ1n) is 14.0. The fourth-order valence-electron chi connectivity index (χ4n) is 5.69. The number of aromatic nitrogens is 6. The van der Waals surface area contributed by atoms with Crippen LogP contribution in [0.5, 0.6) is 0 Å². The largest absolute Gasteiger partial charge is 0.352 e. The predicted molar refractivity (Wildman–Crippen MR) is 164 cm³/mol. The summed E-state index contributed by atoms with van der Waals surface area (Å²) >= 11 is 0. The number of hydrogen-bond donors (Lipinski definition) is 3. The monoisotopic (exact) mass is 596 g/mol. The molecule has 1 aliphatic heterocycles. The van der Waals surface area contributed by atoms with Crippen molar-refractivity contribution in [1.29, 1.82) is 0 Å². The van der Waals surface area contributed by atoms with Gasteiger partial charge < -0.3 is 4.98 Å². The Hall–Kier alpha value is -4.52. The van der Waals surface area contributed by atoms with Gasteiger partial charge in [0.25, 0.3) is 0 Å². The summed E-state index contributed by atoms with van der Waals surface area (Å²) in [6.07, 6.45) is 10.7. The van der Waals surface area contributed by atoms with E-state index in [4.69, 9.17) is 4.98 Å². The molecule has 0 radical (unpaired) electrons. The molecular weight excluding hydrogens is 567 g/mol. The first-order valence-corrected chi connectivity index (χ1v) is 15.9. The molecule has 43 heavy (non-hydrogen) atoms. The molecule has 1 aromatic carbocycles. The van der Waals surface area contributed by atoms with Crippen LogP contribution >= 0.6 is 0 Å². The molecule has 218 valence electrons. The van der Waals surface area contributed by atoms with Gasteiger partial charge in [0, 0.05) is 48.2 Å². The zero-order valence-electron chi connectivity index (χ0n) is 23.4. The lowest BCUT2D eigenvalue weighted by atomic mass is 10.0. The van der Waals surface area contributed by atoms with Crippen LogP contribution in [0.15, 0.2) is 67.3 Å². The van der Waals surface area contributed by atoms with E-state index in [1.807, 2.05) is 30.6 Å². The van der Waals surface area contributed by atoms with Gasteiger partial charge in [0.2, 0.25) is 10.0 Å². The van der Waals surface area contributed by atoms with Gasteiger partial charge in [-0.25, -0.2) is 22.5 Å². The lowest BCUT2D eigenvalue weighted by Crippen LogP contribution is -2.21. The number of nitrogens with one attached hydrogen (secondary N) is 3. The molecule has 0 aliphatic carbocycles. The number of hydrogen-bond acceptors (Lipinski definition) is 7. The summed E-state index contributed by atoms with van der Waals surface area (Å²) in [5.41, 5.74) is 8.35. The Morgan fingerprint density at radius 2 is 1.74 bits per heavy atom. The van der Waals surface area contributed by atoms with Crippen molar-refractivity contribution in [3.63, 3.8) is 0 Å². The summed E-state index contributed by atoms with van der Waals surface area (Å²) in [5.74, 6) is -0.468. The summed E-state index contributed by atoms with van der Waals surface area (Å²) in [7, 11) is -3.43. The van der Waals surface area contributed by atoms with Gasteiger partial charge in [0.15, 0.2) is 0 Å². The van der Waals surface area contributed by atoms with E-state index in [-0.39, 0.29) is 6.54 Å². The number of pyridine rings is 3. The minimum absolute atomic E-state index is 0.0185. The van der Waals surface area contributed by atoms with Crippen molar-refractivity contribution in [2.24, 2.45) is 0 Å². The van der Waals surface area contributed by atoms with E-state index < -0.39 is 15.8 Å². The average molecular weight is 597 g/mol. The number of nitrogens with zero attached hydrogens (tertiary/aromatic N) is 5. The van der Waals surface area contributed by atoms with Crippen LogP contribution in [0.1, 0.15) is 24.0 Å². The van der Waals surface area contributed by atoms with Gasteiger partial charge in [0.1, 0.15) is 17.0 Å². The Labute approximate surface area is 247 Å². The van der Waals surface area contributed by atoms with E-state index in [0.717, 1.165) is 64.8 Å². The number of sulfonamides is 1. The molecule has 1 fully saturated rings. The number of H-pyrrole nitrogens is 2. The Bertz CT molecular complexity index is 2080. The van der Waals surface area contributed by atoms with Gasteiger partial charge in [0.05, 0.1) is 34.9 Å². The minimum atomic E-state index is -3.43. The number of benzene rings is 1. The molecule has 12 heteroatoms. The van der Waals surface area contributed by atoms with Crippen LogP contribution < -0.4 is 4.72 Å². The summed E-state index contributed by atoms with van der Waals surface area (Å²) in [6, 6.07) is 12.5. The van der Waals surface area contributed by atoms with E-state index in [1.165, 1.54) is 25.0 Å². The summed E-state index contributed by atoms with van der Waals surface area (Å²) < 4.78 is 40.2. The van der Waals surface area contributed by atoms with Gasteiger partial charge in [-0.05, 0) is 85.1 Å². The SMILES string of the molecule is CS(=O)(=O)NCc1cc(F)cc(-c2cncc3[nH]c(-c4n[nH]c5ccc(-c6cncc(CN7CCCC7)c6)nc45)cc23)c1. The average Bonchev–Trinajstić information content (AvgIpc) is 3.75. The van der Waals surface area contributed by atoms with Crippen LogP contribution in [0.25, 0.3) is 55.7 Å². The van der Waals surface area contributed by atoms with Crippen LogP contribution in [0.3, 0.4) is 0 Å². The van der Waals surface area contributed by atoms with E-state index >= 15 is 0 Å². The normalized spacial score (nSPS) is 14.3. The lowest BCUT2D eigenvalue weighted by Gasteiger charge is -2.14. The summed E-state index contributed by atoms with van der Waals surface area (Å²) in [6.45, 7) is 3.10. The summed E-state index contributed by atoms with van der Waals surface area (Å²) in [5, 5.41) is 8.48. The van der Waals surface area contributed by atoms with Crippen LogP contribution in [0, 0.1) is 5.82 Å². The Morgan fingerprint density at radius 1 is 0.930 bits per heavy atom. The maximum atomic E-state index is 14.6. The topological polar surface area (TPSA) is 133 Å². The van der Waals surface area contributed by atoms with Crippen LogP contribution in [0.4, 0.5) is 4.39 Å². The minimum Gasteiger partial charge on any atom is -0.352 e. The number of likely N-dealkylation sites (tertiary alicyclic amines) is 1. The molecule has 0 atom stereocenters. The molecule has 7 rings (SSSR count). The van der Waals surface area contributed by atoms with Gasteiger partial charge >= 0.3 is 0 Å². The number of aromatic amines is 2. The van der Waals surface area contributed by atoms with E-state index in [0.29, 0.717) is 27.9 Å². The molecule has 3 N–H and O–H groups in total. The van der Waals surface area contributed by atoms with Crippen molar-refractivity contribution in [3.8, 4) is 33.8 Å². The Balaban J connectivity index is 1.24. The first-order chi connectivity index (χ1) is 20.8. The molecule has 0 bridgehead atoms. The maximum absolute atomic E-state index is 14.6. The second-order valence-electron chi connectivity index (χ2n) is 11.0. The van der Waals surface area contributed by atoms with Gasteiger partial charge in [-0.3, -0.25) is 20.0 Å².